The highest BCUT2D eigenvalue weighted by Gasteiger charge is 2.22. The van der Waals surface area contributed by atoms with Crippen molar-refractivity contribution < 1.29 is 14.3 Å². The van der Waals surface area contributed by atoms with E-state index in [1.807, 2.05) is 6.92 Å². The standard InChI is InChI=1S/C20H29NO3/c1-2-23-20(22)6-4-3-5-10-21-18-8-7-15-12-16-9-11-24-19(16)14-17(15)13-18/h12,14,18,21H,2-11,13H2,1H3. The molecule has 0 bridgehead atoms. The molecule has 1 aliphatic carbocycles. The van der Waals surface area contributed by atoms with Gasteiger partial charge in [0.05, 0.1) is 13.2 Å². The molecule has 0 amide bonds. The van der Waals surface area contributed by atoms with E-state index in [2.05, 4.69) is 17.4 Å². The first-order valence-electron chi connectivity index (χ1n) is 9.42. The smallest absolute Gasteiger partial charge is 0.305 e. The highest BCUT2D eigenvalue weighted by Crippen LogP contribution is 2.32. The van der Waals surface area contributed by atoms with Gasteiger partial charge in [-0.1, -0.05) is 12.5 Å². The number of rotatable bonds is 8. The van der Waals surface area contributed by atoms with Crippen molar-refractivity contribution in [3.63, 3.8) is 0 Å². The topological polar surface area (TPSA) is 47.6 Å². The first kappa shape index (κ1) is 17.3. The number of hydrogen-bond donors (Lipinski definition) is 1. The number of carbonyl (C=O) groups excluding carboxylic acids is 1. The predicted molar refractivity (Wildman–Crippen MR) is 94.6 cm³/mol. The maximum Gasteiger partial charge on any atom is 0.305 e. The van der Waals surface area contributed by atoms with Gasteiger partial charge in [-0.15, -0.1) is 0 Å². The van der Waals surface area contributed by atoms with Gasteiger partial charge in [-0.2, -0.15) is 0 Å². The fourth-order valence-electron chi connectivity index (χ4n) is 3.72. The molecule has 1 atom stereocenters. The summed E-state index contributed by atoms with van der Waals surface area (Å²) in [7, 11) is 0. The average molecular weight is 331 g/mol. The van der Waals surface area contributed by atoms with E-state index in [9.17, 15) is 4.79 Å². The zero-order chi connectivity index (χ0) is 16.8. The third-order valence-corrected chi connectivity index (χ3v) is 5.04. The summed E-state index contributed by atoms with van der Waals surface area (Å²) in [5, 5.41) is 3.69. The van der Waals surface area contributed by atoms with Gasteiger partial charge in [0.15, 0.2) is 0 Å². The molecule has 4 heteroatoms. The Hall–Kier alpha value is -1.55. The molecule has 132 valence electrons. The molecule has 3 rings (SSSR count). The van der Waals surface area contributed by atoms with Crippen LogP contribution in [0.25, 0.3) is 0 Å². The Kier molecular flexibility index (Phi) is 6.13. The summed E-state index contributed by atoms with van der Waals surface area (Å²) in [6, 6.07) is 5.20. The molecule has 24 heavy (non-hydrogen) atoms. The van der Waals surface area contributed by atoms with Crippen LogP contribution in [-0.4, -0.2) is 31.8 Å². The molecule has 0 aromatic heterocycles. The molecule has 2 aliphatic rings. The highest BCUT2D eigenvalue weighted by atomic mass is 16.5. The molecule has 1 aliphatic heterocycles. The molecule has 0 saturated carbocycles. The molecule has 1 aromatic rings. The Morgan fingerprint density at radius 2 is 2.12 bits per heavy atom. The number of ether oxygens (including phenoxy) is 2. The summed E-state index contributed by atoms with van der Waals surface area (Å²) in [6.45, 7) is 4.21. The summed E-state index contributed by atoms with van der Waals surface area (Å²) >= 11 is 0. The number of fused-ring (bicyclic) bond motifs is 2. The Bertz CT molecular complexity index is 570. The van der Waals surface area contributed by atoms with Crippen molar-refractivity contribution in [2.24, 2.45) is 0 Å². The monoisotopic (exact) mass is 331 g/mol. The van der Waals surface area contributed by atoms with Crippen LogP contribution in [0.4, 0.5) is 0 Å². The fraction of sp³-hybridized carbons (Fsp3) is 0.650. The minimum Gasteiger partial charge on any atom is -0.493 e. The van der Waals surface area contributed by atoms with E-state index >= 15 is 0 Å². The molecule has 1 aromatic carbocycles. The lowest BCUT2D eigenvalue weighted by molar-refractivity contribution is -0.143. The van der Waals surface area contributed by atoms with E-state index in [-0.39, 0.29) is 5.97 Å². The quantitative estimate of drug-likeness (QED) is 0.587. The molecular formula is C20H29NO3. The van der Waals surface area contributed by atoms with E-state index in [0.29, 0.717) is 19.1 Å². The largest absolute Gasteiger partial charge is 0.493 e. The second-order valence-electron chi connectivity index (χ2n) is 6.84. The van der Waals surface area contributed by atoms with Gasteiger partial charge < -0.3 is 14.8 Å². The molecule has 1 N–H and O–H groups in total. The van der Waals surface area contributed by atoms with Crippen LogP contribution in [-0.2, 0) is 28.8 Å². The lowest BCUT2D eigenvalue weighted by Crippen LogP contribution is -2.35. The molecule has 1 unspecified atom stereocenters. The fourth-order valence-corrected chi connectivity index (χ4v) is 3.72. The number of benzene rings is 1. The zero-order valence-electron chi connectivity index (χ0n) is 14.7. The third-order valence-electron chi connectivity index (χ3n) is 5.04. The van der Waals surface area contributed by atoms with E-state index in [1.165, 1.54) is 29.5 Å². The van der Waals surface area contributed by atoms with E-state index in [4.69, 9.17) is 9.47 Å². The normalized spacial score (nSPS) is 18.6. The van der Waals surface area contributed by atoms with Gasteiger partial charge in [0.25, 0.3) is 0 Å². The second kappa shape index (κ2) is 8.52. The lowest BCUT2D eigenvalue weighted by Gasteiger charge is -2.26. The van der Waals surface area contributed by atoms with Crippen molar-refractivity contribution in [2.75, 3.05) is 19.8 Å². The Morgan fingerprint density at radius 3 is 3.00 bits per heavy atom. The Labute approximate surface area is 144 Å². The van der Waals surface area contributed by atoms with E-state index in [1.54, 1.807) is 0 Å². The van der Waals surface area contributed by atoms with Gasteiger partial charge in [-0.25, -0.2) is 0 Å². The van der Waals surface area contributed by atoms with Gasteiger partial charge in [0, 0.05) is 18.9 Å². The van der Waals surface area contributed by atoms with Crippen molar-refractivity contribution in [1.82, 2.24) is 5.32 Å². The first-order chi connectivity index (χ1) is 11.8. The molecule has 0 fully saturated rings. The number of esters is 1. The first-order valence-corrected chi connectivity index (χ1v) is 9.42. The van der Waals surface area contributed by atoms with Crippen molar-refractivity contribution in [3.05, 3.63) is 28.8 Å². The molecule has 4 nitrogen and oxygen atoms in total. The van der Waals surface area contributed by atoms with Crippen LogP contribution in [0.5, 0.6) is 5.75 Å². The number of nitrogens with one attached hydrogen (secondary N) is 1. The van der Waals surface area contributed by atoms with Crippen LogP contribution in [0, 0.1) is 0 Å². The maximum atomic E-state index is 11.3. The highest BCUT2D eigenvalue weighted by molar-refractivity contribution is 5.69. The van der Waals surface area contributed by atoms with Crippen molar-refractivity contribution in [1.29, 1.82) is 0 Å². The van der Waals surface area contributed by atoms with Gasteiger partial charge >= 0.3 is 5.97 Å². The molecule has 1 heterocycles. The Balaban J connectivity index is 1.35. The lowest BCUT2D eigenvalue weighted by atomic mass is 9.86. The minimum atomic E-state index is -0.0657. The van der Waals surface area contributed by atoms with Crippen LogP contribution in [0.2, 0.25) is 0 Å². The summed E-state index contributed by atoms with van der Waals surface area (Å²) in [5.74, 6) is 1.04. The van der Waals surface area contributed by atoms with Crippen LogP contribution >= 0.6 is 0 Å². The summed E-state index contributed by atoms with van der Waals surface area (Å²) in [6.07, 6.45) is 8.24. The van der Waals surface area contributed by atoms with Gasteiger partial charge in [0.2, 0.25) is 0 Å². The van der Waals surface area contributed by atoms with Gasteiger partial charge in [0.1, 0.15) is 5.75 Å². The van der Waals surface area contributed by atoms with Crippen LogP contribution < -0.4 is 10.1 Å². The zero-order valence-corrected chi connectivity index (χ0v) is 14.7. The number of aryl methyl sites for hydroxylation is 1. The van der Waals surface area contributed by atoms with Gasteiger partial charge in [-0.3, -0.25) is 4.79 Å². The molecule has 0 spiro atoms. The third kappa shape index (κ3) is 4.50. The summed E-state index contributed by atoms with van der Waals surface area (Å²) < 4.78 is 10.6. The maximum absolute atomic E-state index is 11.3. The van der Waals surface area contributed by atoms with Crippen LogP contribution in [0.3, 0.4) is 0 Å². The summed E-state index contributed by atoms with van der Waals surface area (Å²) in [4.78, 5) is 11.3. The van der Waals surface area contributed by atoms with Crippen LogP contribution in [0.1, 0.15) is 55.7 Å². The number of hydrogen-bond acceptors (Lipinski definition) is 4. The molecular weight excluding hydrogens is 302 g/mol. The Morgan fingerprint density at radius 1 is 1.21 bits per heavy atom. The molecule has 0 radical (unpaired) electrons. The average Bonchev–Trinajstić information content (AvgIpc) is 3.03. The van der Waals surface area contributed by atoms with Gasteiger partial charge in [-0.05, 0) is 68.3 Å². The van der Waals surface area contributed by atoms with Crippen molar-refractivity contribution >= 4 is 5.97 Å². The minimum absolute atomic E-state index is 0.0657. The SMILES string of the molecule is CCOC(=O)CCCCCNC1CCc2cc3c(cc2C1)OCC3. The summed E-state index contributed by atoms with van der Waals surface area (Å²) in [5.41, 5.74) is 4.37. The number of unbranched alkanes of at least 4 members (excludes halogenated alkanes) is 2. The van der Waals surface area contributed by atoms with E-state index in [0.717, 1.165) is 51.0 Å². The number of carbonyl (C=O) groups is 1. The van der Waals surface area contributed by atoms with Crippen LogP contribution in [0.15, 0.2) is 12.1 Å². The molecule has 0 saturated heterocycles. The van der Waals surface area contributed by atoms with Crippen molar-refractivity contribution in [3.8, 4) is 5.75 Å². The van der Waals surface area contributed by atoms with E-state index < -0.39 is 0 Å². The predicted octanol–water partition coefficient (Wildman–Crippen LogP) is 3.19. The second-order valence-corrected chi connectivity index (χ2v) is 6.84. The van der Waals surface area contributed by atoms with Crippen molar-refractivity contribution in [2.45, 2.75) is 64.3 Å².